The van der Waals surface area contributed by atoms with Crippen LogP contribution in [0, 0.1) is 5.92 Å². The van der Waals surface area contributed by atoms with Crippen molar-refractivity contribution in [3.8, 4) is 0 Å². The number of rotatable bonds is 5. The summed E-state index contributed by atoms with van der Waals surface area (Å²) in [5.74, 6) is -0.320. The van der Waals surface area contributed by atoms with E-state index in [0.717, 1.165) is 0 Å². The number of carbonyl (C=O) groups excluding carboxylic acids is 1. The Bertz CT molecular complexity index is 279. The standard InChI is InChI=1S/C14H27NO2/c1-9(2)15(10(3)4)13(16)11(5)12(6)14(7,8)17/h9-10,12,17H,5H2,1-4,6-8H3. The first-order valence-electron chi connectivity index (χ1n) is 6.24. The zero-order valence-electron chi connectivity index (χ0n) is 12.2. The molecule has 0 heterocycles. The van der Waals surface area contributed by atoms with E-state index >= 15 is 0 Å². The maximum atomic E-state index is 12.3. The van der Waals surface area contributed by atoms with Crippen molar-refractivity contribution in [2.75, 3.05) is 0 Å². The number of hydrogen-bond acceptors (Lipinski definition) is 2. The highest BCUT2D eigenvalue weighted by atomic mass is 16.3. The van der Waals surface area contributed by atoms with Crippen LogP contribution >= 0.6 is 0 Å². The third-order valence-corrected chi connectivity index (χ3v) is 3.20. The fourth-order valence-electron chi connectivity index (χ4n) is 1.84. The van der Waals surface area contributed by atoms with Crippen LogP contribution in [-0.4, -0.2) is 33.6 Å². The molecule has 1 atom stereocenters. The zero-order valence-corrected chi connectivity index (χ0v) is 12.2. The lowest BCUT2D eigenvalue weighted by Crippen LogP contribution is -2.45. The fraction of sp³-hybridized carbons (Fsp3) is 0.786. The van der Waals surface area contributed by atoms with Gasteiger partial charge in [0.05, 0.1) is 5.60 Å². The fourth-order valence-corrected chi connectivity index (χ4v) is 1.84. The quantitative estimate of drug-likeness (QED) is 0.752. The smallest absolute Gasteiger partial charge is 0.250 e. The van der Waals surface area contributed by atoms with Crippen LogP contribution in [0.25, 0.3) is 0 Å². The molecule has 0 saturated carbocycles. The van der Waals surface area contributed by atoms with Crippen molar-refractivity contribution in [2.45, 2.75) is 66.2 Å². The van der Waals surface area contributed by atoms with E-state index in [2.05, 4.69) is 6.58 Å². The SMILES string of the molecule is C=C(C(=O)N(C(C)C)C(C)C)C(C)C(C)(C)O. The van der Waals surface area contributed by atoms with Gasteiger partial charge in [0, 0.05) is 23.6 Å². The molecule has 3 nitrogen and oxygen atoms in total. The molecule has 0 aromatic rings. The van der Waals surface area contributed by atoms with Gasteiger partial charge in [-0.15, -0.1) is 0 Å². The number of nitrogens with zero attached hydrogens (tertiary/aromatic N) is 1. The molecule has 1 unspecified atom stereocenters. The normalized spacial score (nSPS) is 14.0. The van der Waals surface area contributed by atoms with Gasteiger partial charge in [0.2, 0.25) is 5.91 Å². The maximum Gasteiger partial charge on any atom is 0.250 e. The van der Waals surface area contributed by atoms with Crippen molar-refractivity contribution < 1.29 is 9.90 Å². The largest absolute Gasteiger partial charge is 0.390 e. The van der Waals surface area contributed by atoms with Gasteiger partial charge in [-0.25, -0.2) is 0 Å². The summed E-state index contributed by atoms with van der Waals surface area (Å²) in [4.78, 5) is 14.1. The van der Waals surface area contributed by atoms with Crippen molar-refractivity contribution >= 4 is 5.91 Å². The topological polar surface area (TPSA) is 40.5 Å². The first kappa shape index (κ1) is 16.2. The highest BCUT2D eigenvalue weighted by Gasteiger charge is 2.32. The minimum absolute atomic E-state index is 0.0652. The molecule has 0 spiro atoms. The Hall–Kier alpha value is -0.830. The van der Waals surface area contributed by atoms with Gasteiger partial charge in [0.1, 0.15) is 0 Å². The lowest BCUT2D eigenvalue weighted by atomic mass is 9.86. The average molecular weight is 241 g/mol. The number of hydrogen-bond donors (Lipinski definition) is 1. The van der Waals surface area contributed by atoms with Crippen LogP contribution in [0.2, 0.25) is 0 Å². The molecule has 1 amide bonds. The van der Waals surface area contributed by atoms with E-state index in [9.17, 15) is 9.90 Å². The Labute approximate surface area is 106 Å². The molecule has 0 bridgehead atoms. The summed E-state index contributed by atoms with van der Waals surface area (Å²) >= 11 is 0. The molecule has 3 heteroatoms. The van der Waals surface area contributed by atoms with Crippen LogP contribution in [-0.2, 0) is 4.79 Å². The molecule has 100 valence electrons. The van der Waals surface area contributed by atoms with E-state index < -0.39 is 5.60 Å². The summed E-state index contributed by atoms with van der Waals surface area (Å²) in [7, 11) is 0. The first-order chi connectivity index (χ1) is 7.50. The molecular formula is C14H27NO2. The first-order valence-corrected chi connectivity index (χ1v) is 6.24. The van der Waals surface area contributed by atoms with Crippen LogP contribution in [0.5, 0.6) is 0 Å². The molecule has 0 rings (SSSR count). The molecule has 0 aliphatic rings. The minimum Gasteiger partial charge on any atom is -0.390 e. The molecule has 0 radical (unpaired) electrons. The molecule has 0 aromatic carbocycles. The summed E-state index contributed by atoms with van der Waals surface area (Å²) in [6.07, 6.45) is 0. The highest BCUT2D eigenvalue weighted by Crippen LogP contribution is 2.25. The van der Waals surface area contributed by atoms with Crippen LogP contribution in [0.15, 0.2) is 12.2 Å². The van der Waals surface area contributed by atoms with Gasteiger partial charge >= 0.3 is 0 Å². The van der Waals surface area contributed by atoms with Crippen molar-refractivity contribution in [3.63, 3.8) is 0 Å². The molecule has 0 aromatic heterocycles. The molecule has 0 saturated heterocycles. The number of aliphatic hydroxyl groups is 1. The number of amides is 1. The lowest BCUT2D eigenvalue weighted by molar-refractivity contribution is -0.132. The van der Waals surface area contributed by atoms with E-state index in [1.165, 1.54) is 0 Å². The molecule has 1 N–H and O–H groups in total. The lowest BCUT2D eigenvalue weighted by Gasteiger charge is -2.35. The zero-order chi connectivity index (χ0) is 14.0. The van der Waals surface area contributed by atoms with Crippen molar-refractivity contribution in [1.82, 2.24) is 4.90 Å². The molecular weight excluding hydrogens is 214 g/mol. The Balaban J connectivity index is 4.98. The van der Waals surface area contributed by atoms with E-state index in [1.54, 1.807) is 18.7 Å². The summed E-state index contributed by atoms with van der Waals surface area (Å²) in [5, 5.41) is 9.93. The Morgan fingerprint density at radius 2 is 1.47 bits per heavy atom. The predicted octanol–water partition coefficient (Wildman–Crippen LogP) is 2.60. The van der Waals surface area contributed by atoms with E-state index in [-0.39, 0.29) is 23.9 Å². The monoisotopic (exact) mass is 241 g/mol. The average Bonchev–Trinajstić information content (AvgIpc) is 2.12. The van der Waals surface area contributed by atoms with E-state index in [0.29, 0.717) is 5.57 Å². The van der Waals surface area contributed by atoms with Crippen LogP contribution in [0.3, 0.4) is 0 Å². The highest BCUT2D eigenvalue weighted by molar-refractivity contribution is 5.93. The molecule has 17 heavy (non-hydrogen) atoms. The minimum atomic E-state index is -0.924. The van der Waals surface area contributed by atoms with Gasteiger partial charge in [-0.05, 0) is 41.5 Å². The second-order valence-electron chi connectivity index (χ2n) is 5.80. The Morgan fingerprint density at radius 1 is 1.12 bits per heavy atom. The second-order valence-corrected chi connectivity index (χ2v) is 5.80. The summed E-state index contributed by atoms with van der Waals surface area (Å²) in [6.45, 7) is 17.0. The molecule has 0 aliphatic heterocycles. The van der Waals surface area contributed by atoms with Crippen molar-refractivity contribution in [3.05, 3.63) is 12.2 Å². The second kappa shape index (κ2) is 5.67. The van der Waals surface area contributed by atoms with Crippen molar-refractivity contribution in [2.24, 2.45) is 5.92 Å². The van der Waals surface area contributed by atoms with Gasteiger partial charge in [0.25, 0.3) is 0 Å². The van der Waals surface area contributed by atoms with Gasteiger partial charge in [0.15, 0.2) is 0 Å². The third-order valence-electron chi connectivity index (χ3n) is 3.20. The van der Waals surface area contributed by atoms with Crippen LogP contribution in [0.1, 0.15) is 48.5 Å². The van der Waals surface area contributed by atoms with Gasteiger partial charge < -0.3 is 10.0 Å². The van der Waals surface area contributed by atoms with E-state index in [1.807, 2.05) is 34.6 Å². The summed E-state index contributed by atoms with van der Waals surface area (Å²) in [5.41, 5.74) is -0.452. The number of carbonyl (C=O) groups is 1. The summed E-state index contributed by atoms with van der Waals surface area (Å²) < 4.78 is 0. The van der Waals surface area contributed by atoms with Gasteiger partial charge in [-0.1, -0.05) is 13.5 Å². The van der Waals surface area contributed by atoms with Gasteiger partial charge in [-0.3, -0.25) is 4.79 Å². The van der Waals surface area contributed by atoms with Crippen LogP contribution < -0.4 is 0 Å². The van der Waals surface area contributed by atoms with E-state index in [4.69, 9.17) is 0 Å². The predicted molar refractivity (Wildman–Crippen MR) is 71.7 cm³/mol. The Kier molecular flexibility index (Phi) is 5.40. The molecule has 0 fully saturated rings. The maximum absolute atomic E-state index is 12.3. The van der Waals surface area contributed by atoms with Crippen molar-refractivity contribution in [1.29, 1.82) is 0 Å². The van der Waals surface area contributed by atoms with Crippen LogP contribution in [0.4, 0.5) is 0 Å². The Morgan fingerprint density at radius 3 is 1.71 bits per heavy atom. The third kappa shape index (κ3) is 4.15. The van der Waals surface area contributed by atoms with Gasteiger partial charge in [-0.2, -0.15) is 0 Å². The molecule has 0 aliphatic carbocycles. The summed E-state index contributed by atoms with van der Waals surface area (Å²) in [6, 6.07) is 0.265.